The molecular weight excluding hydrogens is 144 g/mol. The Morgan fingerprint density at radius 1 is 1.36 bits per heavy atom. The third-order valence-corrected chi connectivity index (χ3v) is 1.17. The lowest BCUT2D eigenvalue weighted by Gasteiger charge is -2.02. The molecule has 0 bridgehead atoms. The van der Waals surface area contributed by atoms with Crippen LogP contribution in [0.4, 0.5) is 0 Å². The summed E-state index contributed by atoms with van der Waals surface area (Å²) in [5.74, 6) is -0.274. The summed E-state index contributed by atoms with van der Waals surface area (Å²) in [6.45, 7) is 5.02. The lowest BCUT2D eigenvalue weighted by Crippen LogP contribution is -2.12. The highest BCUT2D eigenvalue weighted by Gasteiger charge is 1.99. The van der Waals surface area contributed by atoms with Gasteiger partial charge in [0.1, 0.15) is 6.61 Å². The summed E-state index contributed by atoms with van der Waals surface area (Å²) >= 11 is 0. The van der Waals surface area contributed by atoms with E-state index in [0.29, 0.717) is 13.2 Å². The summed E-state index contributed by atoms with van der Waals surface area (Å²) in [5.41, 5.74) is 0. The molecule has 0 aliphatic carbocycles. The van der Waals surface area contributed by atoms with Crippen molar-refractivity contribution in [2.24, 2.45) is 0 Å². The molecule has 0 aromatic heterocycles. The number of carbonyl (C=O) groups excluding carboxylic acids is 1. The van der Waals surface area contributed by atoms with Crippen LogP contribution in [-0.2, 0) is 14.3 Å². The van der Waals surface area contributed by atoms with Crippen LogP contribution in [0.25, 0.3) is 0 Å². The van der Waals surface area contributed by atoms with Crippen LogP contribution in [-0.4, -0.2) is 25.8 Å². The molecule has 0 amide bonds. The molecule has 0 saturated carbocycles. The molecule has 0 aromatic rings. The van der Waals surface area contributed by atoms with Gasteiger partial charge in [-0.15, -0.1) is 0 Å². The third kappa shape index (κ3) is 7.33. The highest BCUT2D eigenvalue weighted by molar-refractivity contribution is 5.70. The Hall–Kier alpha value is -0.570. The minimum absolute atomic E-state index is 0.0911. The van der Waals surface area contributed by atoms with Crippen molar-refractivity contribution in [3.8, 4) is 0 Å². The second-order valence-corrected chi connectivity index (χ2v) is 2.21. The van der Waals surface area contributed by atoms with Crippen LogP contribution in [0, 0.1) is 0 Å². The standard InChI is InChI=1S/C8H16O3/c1-3-5-6-10-7-8(9)11-4-2/h3-7H2,1-2H3. The average Bonchev–Trinajstić information content (AvgIpc) is 1.99. The molecule has 0 aromatic carbocycles. The van der Waals surface area contributed by atoms with Gasteiger partial charge in [0.2, 0.25) is 0 Å². The number of rotatable bonds is 6. The van der Waals surface area contributed by atoms with E-state index in [1.165, 1.54) is 0 Å². The SMILES string of the molecule is CCCCOCC(=O)OCC. The zero-order chi connectivity index (χ0) is 8.53. The summed E-state index contributed by atoms with van der Waals surface area (Å²) < 4.78 is 9.67. The Kier molecular flexibility index (Phi) is 7.15. The van der Waals surface area contributed by atoms with Crippen molar-refractivity contribution in [2.75, 3.05) is 19.8 Å². The molecule has 3 nitrogen and oxygen atoms in total. The van der Waals surface area contributed by atoms with Gasteiger partial charge >= 0.3 is 5.97 Å². The second-order valence-electron chi connectivity index (χ2n) is 2.21. The van der Waals surface area contributed by atoms with Gasteiger partial charge in [0.05, 0.1) is 6.61 Å². The van der Waals surface area contributed by atoms with E-state index in [0.717, 1.165) is 12.8 Å². The van der Waals surface area contributed by atoms with Crippen LogP contribution in [0.15, 0.2) is 0 Å². The Morgan fingerprint density at radius 2 is 2.09 bits per heavy atom. The molecule has 0 atom stereocenters. The van der Waals surface area contributed by atoms with Gasteiger partial charge in [0.25, 0.3) is 0 Å². The predicted octanol–water partition coefficient (Wildman–Crippen LogP) is 1.37. The van der Waals surface area contributed by atoms with Crippen molar-refractivity contribution >= 4 is 5.97 Å². The number of hydrogen-bond donors (Lipinski definition) is 0. The van der Waals surface area contributed by atoms with Gasteiger partial charge in [-0.2, -0.15) is 0 Å². The van der Waals surface area contributed by atoms with Gasteiger partial charge in [-0.3, -0.25) is 0 Å². The largest absolute Gasteiger partial charge is 0.464 e. The number of esters is 1. The highest BCUT2D eigenvalue weighted by Crippen LogP contribution is 1.88. The zero-order valence-corrected chi connectivity index (χ0v) is 7.26. The van der Waals surface area contributed by atoms with Crippen LogP contribution >= 0.6 is 0 Å². The molecule has 0 spiro atoms. The average molecular weight is 160 g/mol. The first-order valence-electron chi connectivity index (χ1n) is 4.04. The van der Waals surface area contributed by atoms with Crippen molar-refractivity contribution in [3.05, 3.63) is 0 Å². The molecule has 11 heavy (non-hydrogen) atoms. The van der Waals surface area contributed by atoms with E-state index in [-0.39, 0.29) is 12.6 Å². The topological polar surface area (TPSA) is 35.5 Å². The van der Waals surface area contributed by atoms with Crippen molar-refractivity contribution in [2.45, 2.75) is 26.7 Å². The van der Waals surface area contributed by atoms with E-state index in [4.69, 9.17) is 4.74 Å². The molecule has 0 aliphatic rings. The van der Waals surface area contributed by atoms with Crippen LogP contribution < -0.4 is 0 Å². The Labute approximate surface area is 67.7 Å². The van der Waals surface area contributed by atoms with E-state index in [2.05, 4.69) is 11.7 Å². The van der Waals surface area contributed by atoms with E-state index < -0.39 is 0 Å². The Bertz CT molecular complexity index is 102. The number of hydrogen-bond acceptors (Lipinski definition) is 3. The maximum absolute atomic E-state index is 10.7. The summed E-state index contributed by atoms with van der Waals surface area (Å²) in [6.07, 6.45) is 2.09. The number of carbonyl (C=O) groups is 1. The van der Waals surface area contributed by atoms with E-state index in [9.17, 15) is 4.79 Å². The van der Waals surface area contributed by atoms with Gasteiger partial charge in [0, 0.05) is 6.61 Å². The Morgan fingerprint density at radius 3 is 2.64 bits per heavy atom. The minimum Gasteiger partial charge on any atom is -0.464 e. The molecule has 66 valence electrons. The maximum Gasteiger partial charge on any atom is 0.332 e. The molecule has 0 unspecified atom stereocenters. The summed E-state index contributed by atoms with van der Waals surface area (Å²) in [5, 5.41) is 0. The van der Waals surface area contributed by atoms with E-state index in [1.807, 2.05) is 0 Å². The fourth-order valence-corrected chi connectivity index (χ4v) is 0.605. The van der Waals surface area contributed by atoms with Gasteiger partial charge in [-0.05, 0) is 13.3 Å². The van der Waals surface area contributed by atoms with Gasteiger partial charge in [0.15, 0.2) is 0 Å². The minimum atomic E-state index is -0.274. The van der Waals surface area contributed by atoms with Gasteiger partial charge in [-0.25, -0.2) is 4.79 Å². The molecule has 0 rings (SSSR count). The zero-order valence-electron chi connectivity index (χ0n) is 7.26. The molecule has 0 heterocycles. The first-order chi connectivity index (χ1) is 5.31. The fraction of sp³-hybridized carbons (Fsp3) is 0.875. The quantitative estimate of drug-likeness (QED) is 0.435. The normalized spacial score (nSPS) is 9.64. The molecule has 0 fully saturated rings. The van der Waals surface area contributed by atoms with Gasteiger partial charge < -0.3 is 9.47 Å². The molecule has 0 saturated heterocycles. The van der Waals surface area contributed by atoms with E-state index >= 15 is 0 Å². The van der Waals surface area contributed by atoms with Crippen LogP contribution in [0.2, 0.25) is 0 Å². The lowest BCUT2D eigenvalue weighted by atomic mass is 10.4. The van der Waals surface area contributed by atoms with Crippen LogP contribution in [0.5, 0.6) is 0 Å². The van der Waals surface area contributed by atoms with Crippen molar-refractivity contribution in [1.82, 2.24) is 0 Å². The second kappa shape index (κ2) is 7.54. The molecule has 0 radical (unpaired) electrons. The van der Waals surface area contributed by atoms with Crippen LogP contribution in [0.1, 0.15) is 26.7 Å². The number of ether oxygens (including phenoxy) is 2. The first kappa shape index (κ1) is 10.4. The summed E-state index contributed by atoms with van der Waals surface area (Å²) in [7, 11) is 0. The van der Waals surface area contributed by atoms with Crippen molar-refractivity contribution in [3.63, 3.8) is 0 Å². The Balaban J connectivity index is 3.04. The van der Waals surface area contributed by atoms with Crippen molar-refractivity contribution in [1.29, 1.82) is 0 Å². The summed E-state index contributed by atoms with van der Waals surface area (Å²) in [6, 6.07) is 0. The van der Waals surface area contributed by atoms with Gasteiger partial charge in [-0.1, -0.05) is 13.3 Å². The lowest BCUT2D eigenvalue weighted by molar-refractivity contribution is -0.148. The maximum atomic E-state index is 10.7. The molecule has 3 heteroatoms. The van der Waals surface area contributed by atoms with E-state index in [1.54, 1.807) is 6.92 Å². The first-order valence-corrected chi connectivity index (χ1v) is 4.04. The predicted molar refractivity (Wildman–Crippen MR) is 42.4 cm³/mol. The van der Waals surface area contributed by atoms with Crippen molar-refractivity contribution < 1.29 is 14.3 Å². The number of unbranched alkanes of at least 4 members (excludes halogenated alkanes) is 1. The third-order valence-electron chi connectivity index (χ3n) is 1.17. The summed E-state index contributed by atoms with van der Waals surface area (Å²) in [4.78, 5) is 10.7. The highest BCUT2D eigenvalue weighted by atomic mass is 16.6. The molecular formula is C8H16O3. The van der Waals surface area contributed by atoms with Crippen LogP contribution in [0.3, 0.4) is 0 Å². The fourth-order valence-electron chi connectivity index (χ4n) is 0.605. The molecule has 0 N–H and O–H groups in total. The smallest absolute Gasteiger partial charge is 0.332 e. The monoisotopic (exact) mass is 160 g/mol. The molecule has 0 aliphatic heterocycles.